The van der Waals surface area contributed by atoms with Crippen molar-refractivity contribution in [2.45, 2.75) is 26.3 Å². The first kappa shape index (κ1) is 12.9. The van der Waals surface area contributed by atoms with Crippen molar-refractivity contribution in [3.63, 3.8) is 0 Å². The molecule has 0 radical (unpaired) electrons. The van der Waals surface area contributed by atoms with Crippen LogP contribution in [-0.2, 0) is 17.8 Å². The molecule has 0 aliphatic carbocycles. The normalized spacial score (nSPS) is 10.5. The summed E-state index contributed by atoms with van der Waals surface area (Å²) in [6.45, 7) is 3.29. The van der Waals surface area contributed by atoms with Gasteiger partial charge in [0.05, 0.1) is 12.5 Å². The third-order valence-electron chi connectivity index (χ3n) is 2.82. The van der Waals surface area contributed by atoms with Crippen LogP contribution in [0.4, 0.5) is 0 Å². The lowest BCUT2D eigenvalue weighted by molar-refractivity contribution is -0.131. The maximum atomic E-state index is 11.9. The van der Waals surface area contributed by atoms with Gasteiger partial charge >= 0.3 is 0 Å². The second-order valence-electron chi connectivity index (χ2n) is 4.13. The van der Waals surface area contributed by atoms with Crippen molar-refractivity contribution in [3.05, 3.63) is 46.5 Å². The van der Waals surface area contributed by atoms with Crippen molar-refractivity contribution in [2.75, 3.05) is 6.54 Å². The topological polar surface area (TPSA) is 33.5 Å². The fourth-order valence-electron chi connectivity index (χ4n) is 1.82. The molecule has 96 valence electrons. The number of hydrogen-bond donors (Lipinski definition) is 0. The summed E-state index contributed by atoms with van der Waals surface area (Å²) in [6.07, 6.45) is 4.80. The Kier molecular flexibility index (Phi) is 4.59. The van der Waals surface area contributed by atoms with Crippen LogP contribution in [0.1, 0.15) is 23.8 Å². The van der Waals surface area contributed by atoms with Crippen molar-refractivity contribution < 1.29 is 9.21 Å². The summed E-state index contributed by atoms with van der Waals surface area (Å²) in [5.41, 5.74) is 1.04. The molecule has 0 unspecified atom stereocenters. The van der Waals surface area contributed by atoms with E-state index in [4.69, 9.17) is 4.42 Å². The number of amides is 1. The fourth-order valence-corrected chi connectivity index (χ4v) is 2.52. The van der Waals surface area contributed by atoms with Crippen molar-refractivity contribution in [1.29, 1.82) is 0 Å². The molecular formula is C14H17NO2S. The van der Waals surface area contributed by atoms with Gasteiger partial charge in [-0.3, -0.25) is 4.79 Å². The molecule has 0 saturated carbocycles. The molecule has 4 heteroatoms. The van der Waals surface area contributed by atoms with Crippen molar-refractivity contribution >= 4 is 17.2 Å². The molecule has 2 rings (SSSR count). The van der Waals surface area contributed by atoms with Crippen molar-refractivity contribution in [1.82, 2.24) is 4.90 Å². The summed E-state index contributed by atoms with van der Waals surface area (Å²) in [5.74, 6) is 0.188. The van der Waals surface area contributed by atoms with Gasteiger partial charge in [0.25, 0.3) is 0 Å². The van der Waals surface area contributed by atoms with E-state index in [0.29, 0.717) is 13.0 Å². The van der Waals surface area contributed by atoms with E-state index < -0.39 is 0 Å². The van der Waals surface area contributed by atoms with Gasteiger partial charge in [-0.15, -0.1) is 11.3 Å². The summed E-state index contributed by atoms with van der Waals surface area (Å²) < 4.78 is 5.04. The number of furan rings is 1. The highest BCUT2D eigenvalue weighted by molar-refractivity contribution is 7.09. The fraction of sp³-hybridized carbons (Fsp3) is 0.357. The van der Waals surface area contributed by atoms with Gasteiger partial charge in [-0.25, -0.2) is 0 Å². The van der Waals surface area contributed by atoms with Crippen LogP contribution in [0.25, 0.3) is 0 Å². The highest BCUT2D eigenvalue weighted by Gasteiger charge is 2.12. The first-order chi connectivity index (χ1) is 8.79. The lowest BCUT2D eigenvalue weighted by Crippen LogP contribution is -2.31. The summed E-state index contributed by atoms with van der Waals surface area (Å²) in [5, 5.41) is 2.07. The highest BCUT2D eigenvalue weighted by Crippen LogP contribution is 2.12. The molecule has 0 atom stereocenters. The average Bonchev–Trinajstić information content (AvgIpc) is 3.06. The molecule has 0 spiro atoms. The van der Waals surface area contributed by atoms with Gasteiger partial charge in [-0.2, -0.15) is 0 Å². The molecule has 2 aromatic heterocycles. The van der Waals surface area contributed by atoms with Gasteiger partial charge in [0.2, 0.25) is 5.91 Å². The largest absolute Gasteiger partial charge is 0.472 e. The summed E-state index contributed by atoms with van der Waals surface area (Å²) >= 11 is 1.74. The molecule has 2 aromatic rings. The predicted octanol–water partition coefficient (Wildman–Crippen LogP) is 3.32. The minimum atomic E-state index is 0.188. The van der Waals surface area contributed by atoms with Gasteiger partial charge in [0, 0.05) is 30.0 Å². The number of nitrogens with zero attached hydrogens (tertiary/aromatic N) is 1. The van der Waals surface area contributed by atoms with Crippen LogP contribution in [-0.4, -0.2) is 17.4 Å². The maximum absolute atomic E-state index is 11.9. The molecule has 0 fully saturated rings. The van der Waals surface area contributed by atoms with Crippen molar-refractivity contribution in [3.8, 4) is 0 Å². The van der Waals surface area contributed by atoms with Crippen LogP contribution in [0.2, 0.25) is 0 Å². The van der Waals surface area contributed by atoms with Gasteiger partial charge in [0.1, 0.15) is 0 Å². The Morgan fingerprint density at radius 2 is 2.33 bits per heavy atom. The zero-order chi connectivity index (χ0) is 12.8. The van der Waals surface area contributed by atoms with Gasteiger partial charge in [-0.05, 0) is 23.9 Å². The monoisotopic (exact) mass is 263 g/mol. The van der Waals surface area contributed by atoms with Crippen molar-refractivity contribution in [2.24, 2.45) is 0 Å². The average molecular weight is 263 g/mol. The van der Waals surface area contributed by atoms with Crippen LogP contribution in [0.5, 0.6) is 0 Å². The van der Waals surface area contributed by atoms with Crippen LogP contribution in [0, 0.1) is 0 Å². The Hall–Kier alpha value is -1.55. The molecule has 1 amide bonds. The minimum absolute atomic E-state index is 0.188. The summed E-state index contributed by atoms with van der Waals surface area (Å²) in [4.78, 5) is 15.1. The van der Waals surface area contributed by atoms with E-state index in [1.165, 1.54) is 4.88 Å². The molecule has 0 aliphatic heterocycles. The maximum Gasteiger partial charge on any atom is 0.222 e. The molecule has 0 aliphatic rings. The molecule has 0 aromatic carbocycles. The highest BCUT2D eigenvalue weighted by atomic mass is 32.1. The van der Waals surface area contributed by atoms with Gasteiger partial charge in [-0.1, -0.05) is 13.0 Å². The first-order valence-corrected chi connectivity index (χ1v) is 6.98. The molecule has 2 heterocycles. The SMILES string of the molecule is CCC(=O)N(CCc1cccs1)Cc1ccoc1. The Labute approximate surface area is 111 Å². The lowest BCUT2D eigenvalue weighted by Gasteiger charge is -2.21. The summed E-state index contributed by atoms with van der Waals surface area (Å²) in [7, 11) is 0. The Morgan fingerprint density at radius 1 is 1.44 bits per heavy atom. The predicted molar refractivity (Wildman–Crippen MR) is 72.4 cm³/mol. The minimum Gasteiger partial charge on any atom is -0.472 e. The van der Waals surface area contributed by atoms with Crippen LogP contribution < -0.4 is 0 Å². The van der Waals surface area contributed by atoms with E-state index in [2.05, 4.69) is 11.4 Å². The van der Waals surface area contributed by atoms with E-state index in [9.17, 15) is 4.79 Å². The van der Waals surface area contributed by atoms with Gasteiger partial charge < -0.3 is 9.32 Å². The Morgan fingerprint density at radius 3 is 2.94 bits per heavy atom. The van der Waals surface area contributed by atoms with E-state index in [1.54, 1.807) is 23.9 Å². The number of carbonyl (C=O) groups is 1. The molecule has 0 bridgehead atoms. The third-order valence-corrected chi connectivity index (χ3v) is 3.75. The van der Waals surface area contributed by atoms with Crippen LogP contribution >= 0.6 is 11.3 Å². The molecule has 0 N–H and O–H groups in total. The standard InChI is InChI=1S/C14H17NO2S/c1-2-14(16)15(10-12-6-8-17-11-12)7-5-13-4-3-9-18-13/h3-4,6,8-9,11H,2,5,7,10H2,1H3. The third kappa shape index (κ3) is 3.47. The Bertz CT molecular complexity index is 462. The number of thiophene rings is 1. The van der Waals surface area contributed by atoms with Gasteiger partial charge in [0.15, 0.2) is 0 Å². The van der Waals surface area contributed by atoms with E-state index in [-0.39, 0.29) is 5.91 Å². The number of rotatable bonds is 6. The number of hydrogen-bond acceptors (Lipinski definition) is 3. The van der Waals surface area contributed by atoms with Crippen LogP contribution in [0.15, 0.2) is 40.5 Å². The molecule has 18 heavy (non-hydrogen) atoms. The second-order valence-corrected chi connectivity index (χ2v) is 5.16. The lowest BCUT2D eigenvalue weighted by atomic mass is 10.2. The van der Waals surface area contributed by atoms with E-state index in [0.717, 1.165) is 18.5 Å². The zero-order valence-electron chi connectivity index (χ0n) is 10.5. The van der Waals surface area contributed by atoms with E-state index in [1.807, 2.05) is 24.0 Å². The summed E-state index contributed by atoms with van der Waals surface area (Å²) in [6, 6.07) is 6.06. The smallest absolute Gasteiger partial charge is 0.222 e. The first-order valence-electron chi connectivity index (χ1n) is 6.11. The second kappa shape index (κ2) is 6.40. The zero-order valence-corrected chi connectivity index (χ0v) is 11.3. The van der Waals surface area contributed by atoms with E-state index >= 15 is 0 Å². The number of carbonyl (C=O) groups excluding carboxylic acids is 1. The van der Waals surface area contributed by atoms with Crippen LogP contribution in [0.3, 0.4) is 0 Å². The molecule has 3 nitrogen and oxygen atoms in total. The Balaban J connectivity index is 1.94. The molecule has 0 saturated heterocycles. The quantitative estimate of drug-likeness (QED) is 0.801. The molecular weight excluding hydrogens is 246 g/mol.